The highest BCUT2D eigenvalue weighted by molar-refractivity contribution is 7.28. The van der Waals surface area contributed by atoms with Gasteiger partial charge in [-0.1, -0.05) is 66.7 Å². The molecule has 0 bridgehead atoms. The van der Waals surface area contributed by atoms with Crippen LogP contribution < -0.4 is 0 Å². The van der Waals surface area contributed by atoms with Gasteiger partial charge >= 0.3 is 0 Å². The largest absolute Gasteiger partial charge is 0.256 e. The molecule has 0 aliphatic heterocycles. The van der Waals surface area contributed by atoms with Crippen molar-refractivity contribution in [3.05, 3.63) is 103 Å². The van der Waals surface area contributed by atoms with E-state index in [0.717, 1.165) is 11.3 Å². The van der Waals surface area contributed by atoms with Crippen LogP contribution in [0.2, 0.25) is 0 Å². The molecule has 7 aromatic rings. The quantitative estimate of drug-likeness (QED) is 0.259. The predicted molar refractivity (Wildman–Crippen MR) is 141 cm³/mol. The lowest BCUT2D eigenvalue weighted by atomic mass is 9.98. The molecule has 150 valence electrons. The van der Waals surface area contributed by atoms with Gasteiger partial charge in [-0.3, -0.25) is 4.98 Å². The first-order valence-corrected chi connectivity index (χ1v) is 12.3. The van der Waals surface area contributed by atoms with Crippen molar-refractivity contribution < 1.29 is 0 Å². The fraction of sp³-hybridized carbons (Fsp3) is 0. The lowest BCUT2D eigenvalue weighted by Crippen LogP contribution is -1.86. The summed E-state index contributed by atoms with van der Waals surface area (Å²) < 4.78 is 5.38. The molecular weight excluding hydrogens is 426 g/mol. The third-order valence-electron chi connectivity index (χ3n) is 6.13. The van der Waals surface area contributed by atoms with E-state index < -0.39 is 0 Å². The Kier molecular flexibility index (Phi) is 3.95. The molecule has 0 fully saturated rings. The van der Waals surface area contributed by atoms with E-state index in [2.05, 4.69) is 96.0 Å². The number of hydrogen-bond donors (Lipinski definition) is 0. The Morgan fingerprint density at radius 3 is 2.03 bits per heavy atom. The fourth-order valence-corrected chi connectivity index (χ4v) is 7.08. The van der Waals surface area contributed by atoms with Gasteiger partial charge in [0.25, 0.3) is 0 Å². The maximum Gasteiger partial charge on any atom is 0.0708 e. The second-order valence-corrected chi connectivity index (χ2v) is 10.1. The second kappa shape index (κ2) is 6.99. The standard InChI is InChI=1S/C29H17NS2/c1-2-8-18(9-3-1)23-16-19(14-15-30-23)22-17-26-27(20-10-4-6-12-24(20)31-26)28-21-11-5-7-13-25(21)32-29(22)28/h1-17H. The fourth-order valence-electron chi connectivity index (χ4n) is 4.68. The molecule has 1 nitrogen and oxygen atoms in total. The van der Waals surface area contributed by atoms with E-state index in [0.29, 0.717) is 0 Å². The minimum absolute atomic E-state index is 1.01. The van der Waals surface area contributed by atoms with E-state index in [-0.39, 0.29) is 0 Å². The molecule has 0 aliphatic carbocycles. The van der Waals surface area contributed by atoms with Crippen LogP contribution in [0.1, 0.15) is 0 Å². The summed E-state index contributed by atoms with van der Waals surface area (Å²) in [4.78, 5) is 4.66. The maximum absolute atomic E-state index is 4.66. The number of fused-ring (bicyclic) bond motifs is 7. The average Bonchev–Trinajstić information content (AvgIpc) is 3.42. The van der Waals surface area contributed by atoms with E-state index in [9.17, 15) is 0 Å². The SMILES string of the molecule is c1ccc(-c2cc(-c3cc4sc5ccccc5c4c4c3sc3ccccc34)ccn2)cc1. The van der Waals surface area contributed by atoms with Crippen LogP contribution in [0.5, 0.6) is 0 Å². The molecule has 0 saturated heterocycles. The maximum atomic E-state index is 4.66. The van der Waals surface area contributed by atoms with Crippen molar-refractivity contribution in [2.24, 2.45) is 0 Å². The van der Waals surface area contributed by atoms with E-state index in [1.807, 2.05) is 34.9 Å². The molecule has 7 rings (SSSR count). The van der Waals surface area contributed by atoms with E-state index in [1.165, 1.54) is 51.5 Å². The van der Waals surface area contributed by atoms with Crippen molar-refractivity contribution in [1.82, 2.24) is 4.98 Å². The van der Waals surface area contributed by atoms with Crippen LogP contribution in [0.25, 0.3) is 62.7 Å². The predicted octanol–water partition coefficient (Wildman–Crippen LogP) is 9.15. The Balaban J connectivity index is 1.61. The molecule has 0 aliphatic rings. The van der Waals surface area contributed by atoms with Gasteiger partial charge in [0.2, 0.25) is 0 Å². The third kappa shape index (κ3) is 2.65. The Hall–Kier alpha value is -3.53. The van der Waals surface area contributed by atoms with Gasteiger partial charge < -0.3 is 0 Å². The molecule has 3 heterocycles. The highest BCUT2D eigenvalue weighted by Crippen LogP contribution is 2.48. The number of benzene rings is 4. The molecule has 0 amide bonds. The summed E-state index contributed by atoms with van der Waals surface area (Å²) in [5, 5.41) is 5.47. The summed E-state index contributed by atoms with van der Waals surface area (Å²) >= 11 is 3.78. The highest BCUT2D eigenvalue weighted by atomic mass is 32.1. The van der Waals surface area contributed by atoms with Gasteiger partial charge in [-0.15, -0.1) is 22.7 Å². The third-order valence-corrected chi connectivity index (χ3v) is 8.45. The van der Waals surface area contributed by atoms with Crippen molar-refractivity contribution in [1.29, 1.82) is 0 Å². The van der Waals surface area contributed by atoms with Gasteiger partial charge in [0, 0.05) is 57.7 Å². The first-order chi connectivity index (χ1) is 15.9. The van der Waals surface area contributed by atoms with Gasteiger partial charge in [0.15, 0.2) is 0 Å². The molecule has 0 saturated carbocycles. The highest BCUT2D eigenvalue weighted by Gasteiger charge is 2.18. The molecule has 0 atom stereocenters. The smallest absolute Gasteiger partial charge is 0.0708 e. The second-order valence-electron chi connectivity index (χ2n) is 7.99. The van der Waals surface area contributed by atoms with Gasteiger partial charge in [0.1, 0.15) is 0 Å². The molecule has 0 radical (unpaired) electrons. The zero-order valence-corrected chi connectivity index (χ0v) is 18.7. The Morgan fingerprint density at radius 1 is 0.531 bits per heavy atom. The molecule has 0 N–H and O–H groups in total. The minimum Gasteiger partial charge on any atom is -0.256 e. The minimum atomic E-state index is 1.01. The Bertz CT molecular complexity index is 1770. The van der Waals surface area contributed by atoms with E-state index >= 15 is 0 Å². The number of aromatic nitrogens is 1. The summed E-state index contributed by atoms with van der Waals surface area (Å²) in [5.41, 5.74) is 4.66. The monoisotopic (exact) mass is 443 g/mol. The number of pyridine rings is 1. The summed E-state index contributed by atoms with van der Waals surface area (Å²) in [6.07, 6.45) is 1.94. The summed E-state index contributed by atoms with van der Waals surface area (Å²) in [5.74, 6) is 0. The van der Waals surface area contributed by atoms with Gasteiger partial charge in [0.05, 0.1) is 5.69 Å². The van der Waals surface area contributed by atoms with Gasteiger partial charge in [-0.2, -0.15) is 0 Å². The van der Waals surface area contributed by atoms with Crippen molar-refractivity contribution in [2.45, 2.75) is 0 Å². The van der Waals surface area contributed by atoms with Crippen LogP contribution in [0.3, 0.4) is 0 Å². The topological polar surface area (TPSA) is 12.9 Å². The number of thiophene rings is 2. The van der Waals surface area contributed by atoms with Gasteiger partial charge in [-0.05, 0) is 35.9 Å². The summed E-state index contributed by atoms with van der Waals surface area (Å²) in [6, 6.07) is 34.8. The van der Waals surface area contributed by atoms with Crippen LogP contribution in [-0.4, -0.2) is 4.98 Å². The van der Waals surface area contributed by atoms with E-state index in [4.69, 9.17) is 0 Å². The van der Waals surface area contributed by atoms with Crippen molar-refractivity contribution >= 4 is 63.0 Å². The Morgan fingerprint density at radius 2 is 1.22 bits per heavy atom. The molecule has 4 aromatic carbocycles. The zero-order valence-electron chi connectivity index (χ0n) is 17.1. The molecule has 3 heteroatoms. The van der Waals surface area contributed by atoms with Crippen LogP contribution in [-0.2, 0) is 0 Å². The van der Waals surface area contributed by atoms with Gasteiger partial charge in [-0.25, -0.2) is 0 Å². The number of hydrogen-bond acceptors (Lipinski definition) is 3. The first kappa shape index (κ1) is 18.1. The molecule has 0 unspecified atom stereocenters. The average molecular weight is 444 g/mol. The molecule has 3 aromatic heterocycles. The lowest BCUT2D eigenvalue weighted by Gasteiger charge is -2.08. The molecule has 0 spiro atoms. The summed E-state index contributed by atoms with van der Waals surface area (Å²) in [6.45, 7) is 0. The number of nitrogens with zero attached hydrogens (tertiary/aromatic N) is 1. The van der Waals surface area contributed by atoms with Crippen molar-refractivity contribution in [3.8, 4) is 22.4 Å². The van der Waals surface area contributed by atoms with Crippen LogP contribution >= 0.6 is 22.7 Å². The van der Waals surface area contributed by atoms with E-state index in [1.54, 1.807) is 0 Å². The van der Waals surface area contributed by atoms with Crippen LogP contribution in [0, 0.1) is 0 Å². The number of rotatable bonds is 2. The lowest BCUT2D eigenvalue weighted by molar-refractivity contribution is 1.33. The van der Waals surface area contributed by atoms with Crippen LogP contribution in [0.4, 0.5) is 0 Å². The molecule has 32 heavy (non-hydrogen) atoms. The first-order valence-electron chi connectivity index (χ1n) is 10.6. The van der Waals surface area contributed by atoms with Crippen molar-refractivity contribution in [2.75, 3.05) is 0 Å². The Labute approximate surface area is 193 Å². The van der Waals surface area contributed by atoms with Crippen molar-refractivity contribution in [3.63, 3.8) is 0 Å². The summed E-state index contributed by atoms with van der Waals surface area (Å²) in [7, 11) is 0. The molecular formula is C29H17NS2. The van der Waals surface area contributed by atoms with Crippen LogP contribution in [0.15, 0.2) is 103 Å². The normalized spacial score (nSPS) is 11.8. The zero-order chi connectivity index (χ0) is 21.1.